The van der Waals surface area contributed by atoms with E-state index in [4.69, 9.17) is 9.72 Å². The Hall–Kier alpha value is -2.86. The summed E-state index contributed by atoms with van der Waals surface area (Å²) >= 11 is 0. The first-order valence-corrected chi connectivity index (χ1v) is 9.87. The van der Waals surface area contributed by atoms with Crippen LogP contribution in [0.2, 0.25) is 0 Å². The number of pyridine rings is 1. The van der Waals surface area contributed by atoms with Gasteiger partial charge in [-0.05, 0) is 67.4 Å². The van der Waals surface area contributed by atoms with Crippen molar-refractivity contribution in [1.82, 2.24) is 19.7 Å². The van der Waals surface area contributed by atoms with E-state index < -0.39 is 0 Å². The minimum atomic E-state index is 0.544. The van der Waals surface area contributed by atoms with Crippen LogP contribution < -0.4 is 9.64 Å². The highest BCUT2D eigenvalue weighted by atomic mass is 16.5. The van der Waals surface area contributed by atoms with Crippen molar-refractivity contribution >= 4 is 5.82 Å². The van der Waals surface area contributed by atoms with E-state index in [1.54, 1.807) is 6.20 Å². The average Bonchev–Trinajstić information content (AvgIpc) is 3.09. The number of ether oxygens (including phenoxy) is 1. The van der Waals surface area contributed by atoms with E-state index in [-0.39, 0.29) is 0 Å². The normalized spacial score (nSPS) is 24.5. The molecule has 1 aromatic carbocycles. The van der Waals surface area contributed by atoms with Gasteiger partial charge in [0, 0.05) is 37.1 Å². The van der Waals surface area contributed by atoms with Gasteiger partial charge >= 0.3 is 0 Å². The molecule has 1 aliphatic carbocycles. The highest BCUT2D eigenvalue weighted by Gasteiger charge is 2.57. The van der Waals surface area contributed by atoms with E-state index in [0.717, 1.165) is 53.9 Å². The minimum absolute atomic E-state index is 0.544. The van der Waals surface area contributed by atoms with Crippen LogP contribution in [0.4, 0.5) is 5.82 Å². The van der Waals surface area contributed by atoms with Gasteiger partial charge in [-0.25, -0.2) is 4.68 Å². The average molecular weight is 373 g/mol. The molecule has 6 heteroatoms. The van der Waals surface area contributed by atoms with Crippen LogP contribution in [0.1, 0.15) is 5.56 Å². The Balaban J connectivity index is 1.27. The molecule has 4 heterocycles. The Morgan fingerprint density at radius 1 is 1.07 bits per heavy atom. The number of rotatable bonds is 3. The molecule has 0 amide bonds. The summed E-state index contributed by atoms with van der Waals surface area (Å²) in [5, 5.41) is 4.32. The predicted octanol–water partition coefficient (Wildman–Crippen LogP) is 2.82. The quantitative estimate of drug-likeness (QED) is 0.707. The molecule has 3 aromatic rings. The van der Waals surface area contributed by atoms with Crippen LogP contribution >= 0.6 is 0 Å². The first-order valence-electron chi connectivity index (χ1n) is 9.87. The van der Waals surface area contributed by atoms with Gasteiger partial charge in [0.2, 0.25) is 5.88 Å². The lowest BCUT2D eigenvalue weighted by Crippen LogP contribution is -2.31. The topological polar surface area (TPSA) is 46.4 Å². The molecule has 2 fully saturated rings. The van der Waals surface area contributed by atoms with Gasteiger partial charge in [0.05, 0.1) is 5.69 Å². The maximum absolute atomic E-state index is 6.04. The van der Waals surface area contributed by atoms with Crippen molar-refractivity contribution in [3.63, 3.8) is 0 Å². The number of hydrogen-bond donors (Lipinski definition) is 0. The molecule has 6 rings (SSSR count). The molecule has 0 radical (unpaired) electrons. The lowest BCUT2D eigenvalue weighted by molar-refractivity contribution is 0.290. The monoisotopic (exact) mass is 373 g/mol. The molecule has 28 heavy (non-hydrogen) atoms. The third-order valence-electron chi connectivity index (χ3n) is 6.43. The summed E-state index contributed by atoms with van der Waals surface area (Å²) in [5.74, 6) is 3.37. The van der Waals surface area contributed by atoms with Crippen molar-refractivity contribution in [3.8, 4) is 22.7 Å². The molecule has 3 atom stereocenters. The Bertz CT molecular complexity index is 1030. The van der Waals surface area contributed by atoms with Gasteiger partial charge in [0.15, 0.2) is 0 Å². The zero-order valence-corrected chi connectivity index (χ0v) is 16.1. The Morgan fingerprint density at radius 3 is 2.64 bits per heavy atom. The fraction of sp³-hybridized carbons (Fsp3) is 0.364. The number of benzene rings is 1. The summed E-state index contributed by atoms with van der Waals surface area (Å²) in [6.07, 6.45) is 3.74. The van der Waals surface area contributed by atoms with Crippen molar-refractivity contribution in [2.24, 2.45) is 11.8 Å². The fourth-order valence-electron chi connectivity index (χ4n) is 5.04. The number of aromatic nitrogens is 3. The summed E-state index contributed by atoms with van der Waals surface area (Å²) in [6.45, 7) is 2.74. The van der Waals surface area contributed by atoms with Crippen LogP contribution in [-0.2, 0) is 6.61 Å². The number of piperidine rings is 1. The number of fused-ring (bicyclic) bond motifs is 4. The van der Waals surface area contributed by atoms with Crippen LogP contribution in [0, 0.1) is 11.8 Å². The zero-order valence-electron chi connectivity index (χ0n) is 16.1. The molecule has 2 aromatic heterocycles. The molecule has 3 aliphatic rings. The van der Waals surface area contributed by atoms with Gasteiger partial charge in [0.25, 0.3) is 0 Å². The smallest absolute Gasteiger partial charge is 0.223 e. The van der Waals surface area contributed by atoms with Crippen LogP contribution in [0.5, 0.6) is 5.88 Å². The molecule has 142 valence electrons. The van der Waals surface area contributed by atoms with Crippen molar-refractivity contribution in [3.05, 3.63) is 54.4 Å². The second kappa shape index (κ2) is 5.82. The maximum Gasteiger partial charge on any atom is 0.223 e. The zero-order chi connectivity index (χ0) is 18.8. The van der Waals surface area contributed by atoms with E-state index in [1.165, 1.54) is 11.1 Å². The summed E-state index contributed by atoms with van der Waals surface area (Å²) in [4.78, 5) is 9.64. The van der Waals surface area contributed by atoms with Crippen LogP contribution in [-0.4, -0.2) is 52.9 Å². The summed E-state index contributed by atoms with van der Waals surface area (Å²) in [5.41, 5.74) is 4.50. The van der Waals surface area contributed by atoms with E-state index in [2.05, 4.69) is 59.3 Å². The van der Waals surface area contributed by atoms with Crippen molar-refractivity contribution in [2.45, 2.75) is 12.6 Å². The van der Waals surface area contributed by atoms with Crippen LogP contribution in [0.25, 0.3) is 16.8 Å². The summed E-state index contributed by atoms with van der Waals surface area (Å²) in [6, 6.07) is 13.4. The minimum Gasteiger partial charge on any atom is -0.472 e. The number of anilines is 1. The molecule has 0 N–H and O–H groups in total. The molecule has 1 saturated heterocycles. The molecule has 1 saturated carbocycles. The second-order valence-electron chi connectivity index (χ2n) is 8.29. The Morgan fingerprint density at radius 2 is 1.89 bits per heavy atom. The summed E-state index contributed by atoms with van der Waals surface area (Å²) in [7, 11) is 4.38. The van der Waals surface area contributed by atoms with Gasteiger partial charge in [-0.3, -0.25) is 0 Å². The largest absolute Gasteiger partial charge is 0.472 e. The van der Waals surface area contributed by atoms with Gasteiger partial charge in [-0.2, -0.15) is 10.1 Å². The Kier molecular flexibility index (Phi) is 3.35. The highest BCUT2D eigenvalue weighted by Crippen LogP contribution is 2.49. The lowest BCUT2D eigenvalue weighted by Gasteiger charge is -2.26. The van der Waals surface area contributed by atoms with Gasteiger partial charge in [-0.15, -0.1) is 0 Å². The lowest BCUT2D eigenvalue weighted by atomic mass is 9.98. The van der Waals surface area contributed by atoms with Gasteiger partial charge in [0.1, 0.15) is 12.4 Å². The van der Waals surface area contributed by atoms with Crippen LogP contribution in [0.15, 0.2) is 48.8 Å². The molecule has 0 unspecified atom stereocenters. The van der Waals surface area contributed by atoms with Crippen molar-refractivity contribution in [1.29, 1.82) is 0 Å². The van der Waals surface area contributed by atoms with Gasteiger partial charge < -0.3 is 14.5 Å². The second-order valence-corrected chi connectivity index (χ2v) is 8.29. The molecule has 0 bridgehead atoms. The molecular formula is C22H23N5O. The predicted molar refractivity (Wildman–Crippen MR) is 108 cm³/mol. The van der Waals surface area contributed by atoms with E-state index in [9.17, 15) is 0 Å². The third kappa shape index (κ3) is 2.37. The molecule has 0 spiro atoms. The fourth-order valence-corrected chi connectivity index (χ4v) is 5.04. The first-order chi connectivity index (χ1) is 13.7. The van der Waals surface area contributed by atoms with E-state index in [1.807, 2.05) is 16.9 Å². The van der Waals surface area contributed by atoms with E-state index >= 15 is 0 Å². The number of hydrogen-bond acceptors (Lipinski definition) is 5. The van der Waals surface area contributed by atoms with Gasteiger partial charge in [-0.1, -0.05) is 6.07 Å². The Labute approximate surface area is 164 Å². The maximum atomic E-state index is 6.04. The van der Waals surface area contributed by atoms with Crippen molar-refractivity contribution < 1.29 is 4.74 Å². The summed E-state index contributed by atoms with van der Waals surface area (Å²) < 4.78 is 7.92. The first kappa shape index (κ1) is 16.1. The molecule has 2 aliphatic heterocycles. The number of nitrogens with zero attached hydrogens (tertiary/aromatic N) is 5. The SMILES string of the molecule is CN(C)[C@H]1[C@@H]2CN(c3ccc4c(n3)OCc3cc(-n5cccn5)ccc3-4)C[C@@H]21. The van der Waals surface area contributed by atoms with Crippen LogP contribution in [0.3, 0.4) is 0 Å². The van der Waals surface area contributed by atoms with Crippen molar-refractivity contribution in [2.75, 3.05) is 32.1 Å². The highest BCUT2D eigenvalue weighted by molar-refractivity contribution is 5.75. The molecular weight excluding hydrogens is 350 g/mol. The standard InChI is InChI=1S/C22H23N5O/c1-25(2)21-18-11-26(12-19(18)21)20-7-6-17-16-5-4-15(27-9-3-8-23-27)10-14(16)13-28-22(17)24-20/h3-10,18-19,21H,11-13H2,1-2H3/t18-,19+,21+. The van der Waals surface area contributed by atoms with E-state index in [0.29, 0.717) is 6.61 Å². The molecule has 6 nitrogen and oxygen atoms in total. The third-order valence-corrected chi connectivity index (χ3v) is 6.43.